The van der Waals surface area contributed by atoms with Gasteiger partial charge >= 0.3 is 0 Å². The Kier molecular flexibility index (Phi) is 8.21. The van der Waals surface area contributed by atoms with Gasteiger partial charge < -0.3 is 13.4 Å². The maximum atomic E-state index is 2.68. The number of fused-ring (bicyclic) bond motifs is 18. The second-order valence-corrected chi connectivity index (χ2v) is 24.9. The van der Waals surface area contributed by atoms with Crippen molar-refractivity contribution in [3.63, 3.8) is 0 Å². The maximum Gasteiger partial charge on any atom is 0.0728 e. The average molecular weight is 946 g/mol. The Morgan fingerprint density at radius 2 is 0.917 bits per heavy atom. The summed E-state index contributed by atoms with van der Waals surface area (Å²) >= 11 is 1.95. The molecule has 15 rings (SSSR count). The average Bonchev–Trinajstić information content (AvgIpc) is 4.21. The van der Waals surface area contributed by atoms with E-state index in [-0.39, 0.29) is 16.2 Å². The fourth-order valence-electron chi connectivity index (χ4n) is 12.6. The number of benzene rings is 9. The number of thiophene rings is 1. The quantitative estimate of drug-likeness (QED) is 0.168. The first kappa shape index (κ1) is 42.1. The lowest BCUT2D eigenvalue weighted by atomic mass is 9.83. The Balaban J connectivity index is 1.09. The second-order valence-electron chi connectivity index (χ2n) is 23.8. The lowest BCUT2D eigenvalue weighted by Gasteiger charge is -2.22. The van der Waals surface area contributed by atoms with E-state index in [0.717, 1.165) is 5.69 Å². The first-order valence-corrected chi connectivity index (χ1v) is 26.5. The molecule has 0 bridgehead atoms. The molecule has 0 saturated heterocycles. The van der Waals surface area contributed by atoms with Crippen molar-refractivity contribution in [2.75, 3.05) is 0 Å². The van der Waals surface area contributed by atoms with Crippen LogP contribution >= 0.6 is 11.3 Å². The second kappa shape index (κ2) is 14.1. The Hall–Kier alpha value is -7.66. The van der Waals surface area contributed by atoms with Crippen molar-refractivity contribution >= 4 is 119 Å². The summed E-state index contributed by atoms with van der Waals surface area (Å²) in [7, 11) is 0. The third-order valence-corrected chi connectivity index (χ3v) is 17.5. The van der Waals surface area contributed by atoms with Gasteiger partial charge in [-0.15, -0.1) is 11.3 Å². The van der Waals surface area contributed by atoms with E-state index < -0.39 is 0 Å². The normalized spacial score (nSPS) is 13.3. The molecule has 0 N–H and O–H groups in total. The molecule has 0 unspecified atom stereocenters. The molecule has 4 heteroatoms. The summed E-state index contributed by atoms with van der Waals surface area (Å²) in [6.45, 7) is 21.3. The molecule has 15 aromatic rings. The smallest absolute Gasteiger partial charge is 0.0728 e. The fourth-order valence-corrected chi connectivity index (χ4v) is 13.8. The largest absolute Gasteiger partial charge is 0.309 e. The summed E-state index contributed by atoms with van der Waals surface area (Å²) in [5.41, 5.74) is 20.3. The minimum Gasteiger partial charge on any atom is -0.309 e. The van der Waals surface area contributed by atoms with Gasteiger partial charge in [-0.05, 0) is 128 Å². The predicted octanol–water partition coefficient (Wildman–Crippen LogP) is 19.5. The van der Waals surface area contributed by atoms with Gasteiger partial charge in [-0.1, -0.05) is 153 Å². The Morgan fingerprint density at radius 1 is 0.333 bits per heavy atom. The molecule has 0 radical (unpaired) electrons. The van der Waals surface area contributed by atoms with Crippen molar-refractivity contribution in [2.45, 2.75) is 78.6 Å². The zero-order valence-electron chi connectivity index (χ0n) is 42.4. The van der Waals surface area contributed by atoms with Gasteiger partial charge in [-0.25, -0.2) is 0 Å². The number of aromatic nitrogens is 3. The van der Waals surface area contributed by atoms with Gasteiger partial charge in [0.2, 0.25) is 0 Å². The summed E-state index contributed by atoms with van der Waals surface area (Å²) in [6, 6.07) is 65.0. The Labute approximate surface area is 422 Å². The van der Waals surface area contributed by atoms with Gasteiger partial charge in [0.1, 0.15) is 0 Å². The molecule has 0 amide bonds. The van der Waals surface area contributed by atoms with Crippen LogP contribution in [0, 0.1) is 0 Å². The molecule has 0 fully saturated rings. The molecule has 72 heavy (non-hydrogen) atoms. The third-order valence-electron chi connectivity index (χ3n) is 16.3. The van der Waals surface area contributed by atoms with Gasteiger partial charge in [0, 0.05) is 69.8 Å². The minimum absolute atomic E-state index is 0.00654. The molecule has 6 aromatic heterocycles. The third kappa shape index (κ3) is 5.62. The van der Waals surface area contributed by atoms with E-state index in [1.54, 1.807) is 0 Å². The first-order chi connectivity index (χ1) is 34.6. The molecule has 0 spiro atoms. The van der Waals surface area contributed by atoms with Crippen LogP contribution in [0.25, 0.3) is 135 Å². The van der Waals surface area contributed by atoms with Gasteiger partial charge in [-0.3, -0.25) is 0 Å². The summed E-state index contributed by atoms with van der Waals surface area (Å²) in [4.78, 5) is 0. The topological polar surface area (TPSA) is 13.8 Å². The van der Waals surface area contributed by atoms with E-state index in [4.69, 9.17) is 0 Å². The van der Waals surface area contributed by atoms with Gasteiger partial charge in [0.05, 0.1) is 48.8 Å². The van der Waals surface area contributed by atoms with E-state index in [9.17, 15) is 0 Å². The zero-order chi connectivity index (χ0) is 48.9. The highest BCUT2D eigenvalue weighted by Crippen LogP contribution is 2.52. The van der Waals surface area contributed by atoms with Crippen LogP contribution in [0.1, 0.15) is 79.0 Å². The van der Waals surface area contributed by atoms with Gasteiger partial charge in [0.15, 0.2) is 0 Å². The molecule has 0 saturated carbocycles. The Morgan fingerprint density at radius 3 is 1.67 bits per heavy atom. The highest BCUT2D eigenvalue weighted by atomic mass is 32.1. The maximum absolute atomic E-state index is 2.68. The predicted molar refractivity (Wildman–Crippen MR) is 312 cm³/mol. The van der Waals surface area contributed by atoms with Crippen LogP contribution in [0.15, 0.2) is 170 Å². The lowest BCUT2D eigenvalue weighted by Crippen LogP contribution is -2.11. The molecular weight excluding hydrogens is 891 g/mol. The molecular formula is C68H55N3S. The molecule has 0 atom stereocenters. The van der Waals surface area contributed by atoms with Crippen LogP contribution in [0.2, 0.25) is 0 Å². The number of hydrogen-bond donors (Lipinski definition) is 0. The van der Waals surface area contributed by atoms with Crippen molar-refractivity contribution in [3.05, 3.63) is 187 Å². The highest BCUT2D eigenvalue weighted by molar-refractivity contribution is 7.26. The summed E-state index contributed by atoms with van der Waals surface area (Å²) < 4.78 is 10.5. The van der Waals surface area contributed by atoms with Crippen LogP contribution in [-0.2, 0) is 16.2 Å². The van der Waals surface area contributed by atoms with Crippen molar-refractivity contribution in [3.8, 4) is 27.9 Å². The molecule has 3 nitrogen and oxygen atoms in total. The fraction of sp³-hybridized carbons (Fsp3) is 0.176. The lowest BCUT2D eigenvalue weighted by molar-refractivity contribution is 0.591. The first-order valence-electron chi connectivity index (χ1n) is 25.7. The van der Waals surface area contributed by atoms with E-state index in [1.807, 2.05) is 11.3 Å². The SMILES string of the molecule is CC(C)(C)c1cc(-c2ccc3c(c2)c2ccccc2n3-c2cccc(-c3ccccc3)c2)c2c(c1)c1cc(C(C)(C)C)cc3c4c(ccc5c6cc(C(C)(C)C)cc7c8sc9ccccc9c8n(c67)c54)n2c13. The van der Waals surface area contributed by atoms with E-state index in [1.165, 1.54) is 146 Å². The van der Waals surface area contributed by atoms with E-state index in [2.05, 4.69) is 246 Å². The Bertz CT molecular complexity index is 4780. The van der Waals surface area contributed by atoms with Crippen molar-refractivity contribution < 1.29 is 0 Å². The molecule has 9 aromatic carbocycles. The van der Waals surface area contributed by atoms with Gasteiger partial charge in [-0.2, -0.15) is 0 Å². The van der Waals surface area contributed by atoms with Crippen molar-refractivity contribution in [2.24, 2.45) is 0 Å². The van der Waals surface area contributed by atoms with Crippen LogP contribution in [0.4, 0.5) is 0 Å². The number of rotatable bonds is 3. The number of hydrogen-bond acceptors (Lipinski definition) is 1. The monoisotopic (exact) mass is 945 g/mol. The van der Waals surface area contributed by atoms with E-state index >= 15 is 0 Å². The van der Waals surface area contributed by atoms with Crippen LogP contribution in [0.5, 0.6) is 0 Å². The van der Waals surface area contributed by atoms with Crippen LogP contribution < -0.4 is 0 Å². The molecule has 348 valence electrons. The van der Waals surface area contributed by atoms with Crippen LogP contribution in [-0.4, -0.2) is 13.4 Å². The summed E-state index contributed by atoms with van der Waals surface area (Å²) in [5, 5.41) is 13.2. The number of nitrogens with zero attached hydrogens (tertiary/aromatic N) is 3. The van der Waals surface area contributed by atoms with Crippen LogP contribution in [0.3, 0.4) is 0 Å². The number of para-hydroxylation sites is 1. The van der Waals surface area contributed by atoms with E-state index in [0.29, 0.717) is 0 Å². The molecule has 0 aliphatic carbocycles. The standard InChI is InChI=1S/C68H55N3S/c1-66(2,3)41-32-48(40-26-28-56-49(31-40)45-22-13-15-24-55(45)69(56)44-21-17-20-39(30-44)38-18-11-10-12-19-38)60-51(34-41)52-35-42(67(4,5)6)36-53-59-57(70(60)61(52)53)29-27-46-50-33-43(68(7,8)9)37-54-62(50)71(63(46)59)64-47-23-14-16-25-58(47)72-65(54)64/h10-37H,1-9H3. The molecule has 0 aliphatic heterocycles. The summed E-state index contributed by atoms with van der Waals surface area (Å²) in [6.07, 6.45) is 0. The van der Waals surface area contributed by atoms with Gasteiger partial charge in [0.25, 0.3) is 0 Å². The van der Waals surface area contributed by atoms with Crippen molar-refractivity contribution in [1.82, 2.24) is 13.4 Å². The zero-order valence-corrected chi connectivity index (χ0v) is 43.2. The van der Waals surface area contributed by atoms with Crippen molar-refractivity contribution in [1.29, 1.82) is 0 Å². The molecule has 6 heterocycles. The minimum atomic E-state index is -0.0826. The highest BCUT2D eigenvalue weighted by Gasteiger charge is 2.31. The molecule has 0 aliphatic rings. The summed E-state index contributed by atoms with van der Waals surface area (Å²) in [5.74, 6) is 0.